The first kappa shape index (κ1) is 31.3. The lowest BCUT2D eigenvalue weighted by Crippen LogP contribution is -2.27. The number of nitrogens with zero attached hydrogens (tertiary/aromatic N) is 4. The summed E-state index contributed by atoms with van der Waals surface area (Å²) in [5.74, 6) is 6.87. The van der Waals surface area contributed by atoms with Crippen LogP contribution in [-0.4, -0.2) is 51.3 Å². The van der Waals surface area contributed by atoms with Gasteiger partial charge in [-0.1, -0.05) is 26.8 Å². The second kappa shape index (κ2) is 11.7. The molecule has 12 nitrogen and oxygen atoms in total. The van der Waals surface area contributed by atoms with E-state index in [1.165, 1.54) is 12.1 Å². The Morgan fingerprint density at radius 3 is 2.32 bits per heavy atom. The molecule has 0 unspecified atom stereocenters. The topological polar surface area (TPSA) is 161 Å². The minimum Gasteiger partial charge on any atom is -0.492 e. The number of aromatic nitrogens is 2. The molecule has 0 aliphatic heterocycles. The number of ether oxygens (including phenoxy) is 1. The van der Waals surface area contributed by atoms with Gasteiger partial charge in [0.2, 0.25) is 16.0 Å². The lowest BCUT2D eigenvalue weighted by molar-refractivity contribution is 0.102. The third-order valence-corrected chi connectivity index (χ3v) is 6.98. The van der Waals surface area contributed by atoms with E-state index in [-0.39, 0.29) is 16.9 Å². The molecule has 41 heavy (non-hydrogen) atoms. The van der Waals surface area contributed by atoms with Gasteiger partial charge in [0.25, 0.3) is 5.91 Å². The molecule has 3 aromatic rings. The highest BCUT2D eigenvalue weighted by atomic mass is 32.2. The Hall–Kier alpha value is -4.23. The Balaban J connectivity index is 1.98. The van der Waals surface area contributed by atoms with Gasteiger partial charge in [0.15, 0.2) is 5.75 Å². The Bertz CT molecular complexity index is 1590. The molecule has 0 saturated heterocycles. The van der Waals surface area contributed by atoms with Crippen LogP contribution in [0.2, 0.25) is 0 Å². The minimum atomic E-state index is -3.61. The number of hydrazine groups is 1. The fraction of sp³-hybridized carbons (Fsp3) is 0.357. The van der Waals surface area contributed by atoms with Crippen molar-refractivity contribution in [2.75, 3.05) is 47.4 Å². The fourth-order valence-electron chi connectivity index (χ4n) is 4.24. The molecule has 0 bridgehead atoms. The number of imidazole rings is 1. The normalized spacial score (nSPS) is 12.2. The Morgan fingerprint density at radius 1 is 1.15 bits per heavy atom. The molecule has 0 saturated carbocycles. The van der Waals surface area contributed by atoms with Crippen molar-refractivity contribution in [3.63, 3.8) is 0 Å². The van der Waals surface area contributed by atoms with Crippen LogP contribution in [0.5, 0.6) is 5.75 Å². The van der Waals surface area contributed by atoms with Gasteiger partial charge in [0, 0.05) is 32.9 Å². The van der Waals surface area contributed by atoms with E-state index < -0.39 is 15.9 Å². The summed E-state index contributed by atoms with van der Waals surface area (Å²) in [6.07, 6.45) is 4.29. The van der Waals surface area contributed by atoms with Crippen LogP contribution in [0.4, 0.5) is 23.0 Å². The van der Waals surface area contributed by atoms with Crippen molar-refractivity contribution < 1.29 is 17.9 Å². The van der Waals surface area contributed by atoms with Crippen LogP contribution in [0.15, 0.2) is 42.7 Å². The van der Waals surface area contributed by atoms with E-state index in [9.17, 15) is 13.2 Å². The average molecular weight is 585 g/mol. The first-order chi connectivity index (χ1) is 18.9. The first-order valence-corrected chi connectivity index (χ1v) is 14.6. The van der Waals surface area contributed by atoms with Crippen molar-refractivity contribution >= 4 is 44.6 Å². The number of hydrogen-bond donors (Lipinski definition) is 4. The zero-order chi connectivity index (χ0) is 30.9. The zero-order valence-electron chi connectivity index (χ0n) is 25.0. The molecular weight excluding hydrogens is 544 g/mol. The second-order valence-electron chi connectivity index (χ2n) is 11.1. The monoisotopic (exact) mass is 584 g/mol. The molecule has 0 aliphatic carbocycles. The van der Waals surface area contributed by atoms with Crippen molar-refractivity contribution in [1.82, 2.24) is 9.55 Å². The summed E-state index contributed by atoms with van der Waals surface area (Å²) >= 11 is 0. The van der Waals surface area contributed by atoms with Gasteiger partial charge in [-0.2, -0.15) is 0 Å². The molecule has 13 heteroatoms. The summed E-state index contributed by atoms with van der Waals surface area (Å²) < 4.78 is 33.9. The van der Waals surface area contributed by atoms with Gasteiger partial charge in [0.1, 0.15) is 0 Å². The lowest BCUT2D eigenvalue weighted by atomic mass is 9.86. The number of nitrogens with one attached hydrogen (secondary N) is 2. The van der Waals surface area contributed by atoms with Crippen LogP contribution >= 0.6 is 0 Å². The molecule has 0 atom stereocenters. The van der Waals surface area contributed by atoms with Crippen molar-refractivity contribution in [1.29, 1.82) is 0 Å². The molecule has 1 amide bonds. The quantitative estimate of drug-likeness (QED) is 0.218. The van der Waals surface area contributed by atoms with Crippen LogP contribution in [0.25, 0.3) is 5.70 Å². The van der Waals surface area contributed by atoms with E-state index in [0.29, 0.717) is 28.3 Å². The molecule has 0 fully saturated rings. The Kier molecular flexibility index (Phi) is 8.94. The SMILES string of the molecule is COc1c(NC(=O)c2ccc(C)c(N(N)/C=C(\N)c3cnc(N(C)C)n3C)c2)cc(C(C)(C)C)cc1NS(C)(=O)=O. The number of hydrogen-bond acceptors (Lipinski definition) is 9. The van der Waals surface area contributed by atoms with E-state index in [4.69, 9.17) is 16.3 Å². The van der Waals surface area contributed by atoms with E-state index in [2.05, 4.69) is 15.0 Å². The number of carbonyl (C=O) groups is 1. The summed E-state index contributed by atoms with van der Waals surface area (Å²) in [7, 11) is 3.43. The molecule has 2 aromatic carbocycles. The average Bonchev–Trinajstić information content (AvgIpc) is 3.24. The maximum Gasteiger partial charge on any atom is 0.255 e. The summed E-state index contributed by atoms with van der Waals surface area (Å²) in [5.41, 5.74) is 10.1. The maximum atomic E-state index is 13.5. The number of rotatable bonds is 9. The predicted octanol–water partition coefficient (Wildman–Crippen LogP) is 3.36. The maximum absolute atomic E-state index is 13.5. The smallest absolute Gasteiger partial charge is 0.255 e. The van der Waals surface area contributed by atoms with Crippen molar-refractivity contribution in [3.8, 4) is 5.75 Å². The standard InChI is InChI=1S/C28H40N8O4S/c1-17-10-11-18(12-23(17)36(30)16-20(29)24-15-31-27(34(5)6)35(24)7)26(37)32-21-13-19(28(2,3)4)14-22(25(21)40-8)33-41(9,38)39/h10-16,33H,29-30H2,1-9H3,(H,32,37)/b20-16-. The highest BCUT2D eigenvalue weighted by Gasteiger charge is 2.23. The first-order valence-electron chi connectivity index (χ1n) is 12.8. The number of sulfonamides is 1. The van der Waals surface area contributed by atoms with Gasteiger partial charge in [-0.05, 0) is 47.7 Å². The molecular formula is C28H40N8O4S. The van der Waals surface area contributed by atoms with E-state index in [0.717, 1.165) is 23.3 Å². The summed E-state index contributed by atoms with van der Waals surface area (Å²) in [5, 5.41) is 4.23. The molecule has 3 rings (SSSR count). The third kappa shape index (κ3) is 7.30. The van der Waals surface area contributed by atoms with Crippen LogP contribution in [0, 0.1) is 6.92 Å². The van der Waals surface area contributed by atoms with Crippen LogP contribution < -0.4 is 36.3 Å². The number of amides is 1. The van der Waals surface area contributed by atoms with E-state index >= 15 is 0 Å². The molecule has 222 valence electrons. The van der Waals surface area contributed by atoms with E-state index in [1.54, 1.807) is 42.7 Å². The highest BCUT2D eigenvalue weighted by molar-refractivity contribution is 7.92. The van der Waals surface area contributed by atoms with Crippen LogP contribution in [-0.2, 0) is 22.5 Å². The van der Waals surface area contributed by atoms with Gasteiger partial charge in [-0.25, -0.2) is 19.2 Å². The summed E-state index contributed by atoms with van der Waals surface area (Å²) in [4.78, 5) is 19.7. The molecule has 1 heterocycles. The highest BCUT2D eigenvalue weighted by Crippen LogP contribution is 2.39. The van der Waals surface area contributed by atoms with Crippen molar-refractivity contribution in [3.05, 3.63) is 65.1 Å². The summed E-state index contributed by atoms with van der Waals surface area (Å²) in [6.45, 7) is 7.82. The fourth-order valence-corrected chi connectivity index (χ4v) is 4.79. The molecule has 0 radical (unpaired) electrons. The van der Waals surface area contributed by atoms with E-state index in [1.807, 2.05) is 58.3 Å². The van der Waals surface area contributed by atoms with Gasteiger partial charge < -0.3 is 25.3 Å². The third-order valence-electron chi connectivity index (χ3n) is 6.39. The Morgan fingerprint density at radius 2 is 1.78 bits per heavy atom. The van der Waals surface area contributed by atoms with Crippen LogP contribution in [0.3, 0.4) is 0 Å². The number of methoxy groups -OCH3 is 1. The minimum absolute atomic E-state index is 0.188. The largest absolute Gasteiger partial charge is 0.492 e. The van der Waals surface area contributed by atoms with Crippen molar-refractivity contribution in [2.24, 2.45) is 18.6 Å². The summed E-state index contributed by atoms with van der Waals surface area (Å²) in [6, 6.07) is 8.58. The number of carbonyl (C=O) groups excluding carboxylic acids is 1. The van der Waals surface area contributed by atoms with Gasteiger partial charge in [-0.15, -0.1) is 0 Å². The van der Waals surface area contributed by atoms with Gasteiger partial charge >= 0.3 is 0 Å². The number of nitrogens with two attached hydrogens (primary N) is 2. The predicted molar refractivity (Wildman–Crippen MR) is 166 cm³/mol. The van der Waals surface area contributed by atoms with Crippen LogP contribution in [0.1, 0.15) is 48.0 Å². The van der Waals surface area contributed by atoms with Crippen molar-refractivity contribution in [2.45, 2.75) is 33.1 Å². The molecule has 6 N–H and O–H groups in total. The number of aryl methyl sites for hydroxylation is 1. The lowest BCUT2D eigenvalue weighted by Gasteiger charge is -2.24. The van der Waals surface area contributed by atoms with Gasteiger partial charge in [0.05, 0.1) is 48.0 Å². The molecule has 0 spiro atoms. The molecule has 0 aliphatic rings. The second-order valence-corrected chi connectivity index (χ2v) is 12.8. The molecule has 1 aromatic heterocycles. The number of anilines is 4. The zero-order valence-corrected chi connectivity index (χ0v) is 25.8. The number of benzene rings is 2. The van der Waals surface area contributed by atoms with Gasteiger partial charge in [-0.3, -0.25) is 14.5 Å². The Labute approximate surface area is 242 Å².